The number of nitrogens with zero attached hydrogens (tertiary/aromatic N) is 1. The number of rotatable bonds is 5. The number of anilines is 1. The molecule has 30 heavy (non-hydrogen) atoms. The van der Waals surface area contributed by atoms with Crippen molar-refractivity contribution in [2.24, 2.45) is 5.92 Å². The summed E-state index contributed by atoms with van der Waals surface area (Å²) in [6.45, 7) is 6.18. The Balaban J connectivity index is 1.82. The number of halogens is 1. The molecule has 1 amide bonds. The zero-order valence-corrected chi connectivity index (χ0v) is 18.5. The molecule has 0 bridgehead atoms. The third-order valence-corrected chi connectivity index (χ3v) is 7.31. The minimum Gasteiger partial charge on any atom is -0.495 e. The molecule has 1 aliphatic rings. The van der Waals surface area contributed by atoms with Gasteiger partial charge in [0.1, 0.15) is 16.5 Å². The summed E-state index contributed by atoms with van der Waals surface area (Å²) in [5.74, 6) is -1.29. The zero-order valence-electron chi connectivity index (χ0n) is 17.7. The summed E-state index contributed by atoms with van der Waals surface area (Å²) in [5, 5.41) is 2.97. The highest BCUT2D eigenvalue weighted by Crippen LogP contribution is 2.31. The molecule has 6 nitrogen and oxygen atoms in total. The van der Waals surface area contributed by atoms with Gasteiger partial charge >= 0.3 is 0 Å². The third kappa shape index (κ3) is 4.49. The maximum Gasteiger partial charge on any atom is 0.246 e. The molecule has 2 aromatic rings. The minimum atomic E-state index is -4.00. The van der Waals surface area contributed by atoms with E-state index >= 15 is 0 Å². The van der Waals surface area contributed by atoms with Gasteiger partial charge in [0.15, 0.2) is 0 Å². The second-order valence-electron chi connectivity index (χ2n) is 7.76. The molecule has 0 spiro atoms. The number of piperidine rings is 1. The summed E-state index contributed by atoms with van der Waals surface area (Å²) in [5.41, 5.74) is 3.80. The molecule has 1 N–H and O–H groups in total. The Morgan fingerprint density at radius 3 is 2.47 bits per heavy atom. The first-order chi connectivity index (χ1) is 14.1. The van der Waals surface area contributed by atoms with Crippen LogP contribution in [0.2, 0.25) is 0 Å². The highest BCUT2D eigenvalue weighted by molar-refractivity contribution is 7.89. The van der Waals surface area contributed by atoms with Crippen molar-refractivity contribution in [2.45, 2.75) is 38.5 Å². The van der Waals surface area contributed by atoms with Crippen LogP contribution in [-0.4, -0.2) is 38.8 Å². The lowest BCUT2D eigenvalue weighted by Gasteiger charge is -2.31. The van der Waals surface area contributed by atoms with Gasteiger partial charge < -0.3 is 10.1 Å². The van der Waals surface area contributed by atoms with Crippen LogP contribution in [0.25, 0.3) is 0 Å². The first-order valence-electron chi connectivity index (χ1n) is 9.86. The van der Waals surface area contributed by atoms with E-state index < -0.39 is 21.8 Å². The molecule has 1 heterocycles. The van der Waals surface area contributed by atoms with Gasteiger partial charge in [0.05, 0.1) is 13.0 Å². The van der Waals surface area contributed by atoms with Gasteiger partial charge in [0.2, 0.25) is 15.9 Å². The molecule has 0 saturated carbocycles. The molecule has 1 saturated heterocycles. The van der Waals surface area contributed by atoms with E-state index in [0.29, 0.717) is 12.8 Å². The van der Waals surface area contributed by atoms with Gasteiger partial charge in [-0.15, -0.1) is 0 Å². The van der Waals surface area contributed by atoms with E-state index in [9.17, 15) is 17.6 Å². The van der Waals surface area contributed by atoms with Crippen LogP contribution in [0.5, 0.6) is 5.75 Å². The summed E-state index contributed by atoms with van der Waals surface area (Å²) < 4.78 is 46.4. The highest BCUT2D eigenvalue weighted by atomic mass is 32.2. The van der Waals surface area contributed by atoms with Crippen molar-refractivity contribution in [1.29, 1.82) is 0 Å². The van der Waals surface area contributed by atoms with Crippen molar-refractivity contribution in [1.82, 2.24) is 4.31 Å². The third-order valence-electron chi connectivity index (χ3n) is 5.42. The smallest absolute Gasteiger partial charge is 0.246 e. The van der Waals surface area contributed by atoms with Gasteiger partial charge in [-0.25, -0.2) is 12.8 Å². The van der Waals surface area contributed by atoms with Gasteiger partial charge in [-0.1, -0.05) is 17.7 Å². The van der Waals surface area contributed by atoms with E-state index in [1.807, 2.05) is 32.9 Å². The average molecular weight is 435 g/mol. The molecule has 0 radical (unpaired) electrons. The number of ether oxygens (including phenoxy) is 1. The highest BCUT2D eigenvalue weighted by Gasteiger charge is 2.35. The van der Waals surface area contributed by atoms with Gasteiger partial charge in [0.25, 0.3) is 0 Å². The van der Waals surface area contributed by atoms with Crippen LogP contribution < -0.4 is 10.1 Å². The Morgan fingerprint density at radius 1 is 1.17 bits per heavy atom. The van der Waals surface area contributed by atoms with E-state index in [1.165, 1.54) is 17.5 Å². The van der Waals surface area contributed by atoms with Crippen LogP contribution >= 0.6 is 0 Å². The molecule has 1 atom stereocenters. The van der Waals surface area contributed by atoms with Crippen molar-refractivity contribution >= 4 is 21.6 Å². The summed E-state index contributed by atoms with van der Waals surface area (Å²) in [4.78, 5) is 12.7. The number of benzene rings is 2. The molecule has 8 heteroatoms. The Labute approximate surface area is 177 Å². The second kappa shape index (κ2) is 8.73. The van der Waals surface area contributed by atoms with Crippen LogP contribution in [0.1, 0.15) is 29.5 Å². The molecular weight excluding hydrogens is 407 g/mol. The predicted octanol–water partition coefficient (Wildman–Crippen LogP) is 3.80. The Hall–Kier alpha value is -2.45. The number of nitrogens with one attached hydrogen (secondary N) is 1. The number of hydrogen-bond acceptors (Lipinski definition) is 4. The first kappa shape index (κ1) is 22.2. The summed E-state index contributed by atoms with van der Waals surface area (Å²) in [7, 11) is -2.66. The molecule has 3 rings (SSSR count). The second-order valence-corrected chi connectivity index (χ2v) is 9.67. The molecule has 0 aliphatic carbocycles. The topological polar surface area (TPSA) is 75.7 Å². The first-order valence-corrected chi connectivity index (χ1v) is 11.3. The average Bonchev–Trinajstić information content (AvgIpc) is 2.70. The lowest BCUT2D eigenvalue weighted by Crippen LogP contribution is -2.43. The van der Waals surface area contributed by atoms with E-state index in [4.69, 9.17) is 4.74 Å². The Morgan fingerprint density at radius 2 is 1.83 bits per heavy atom. The fourth-order valence-electron chi connectivity index (χ4n) is 3.97. The summed E-state index contributed by atoms with van der Waals surface area (Å²) in [6, 6.07) is 7.39. The van der Waals surface area contributed by atoms with Crippen LogP contribution in [0.15, 0.2) is 35.2 Å². The number of sulfonamides is 1. The molecule has 0 unspecified atom stereocenters. The zero-order chi connectivity index (χ0) is 22.1. The van der Waals surface area contributed by atoms with Crippen molar-refractivity contribution in [3.8, 4) is 5.75 Å². The van der Waals surface area contributed by atoms with Gasteiger partial charge in [0, 0.05) is 18.8 Å². The Kier molecular flexibility index (Phi) is 6.47. The fourth-order valence-corrected chi connectivity index (χ4v) is 5.66. The van der Waals surface area contributed by atoms with Crippen LogP contribution in [-0.2, 0) is 14.8 Å². The van der Waals surface area contributed by atoms with Gasteiger partial charge in [-0.2, -0.15) is 4.31 Å². The molecule has 2 aromatic carbocycles. The SMILES string of the molecule is COc1ccc(F)cc1S(=O)(=O)N1CCC[C@@H](C(=O)Nc2c(C)cc(C)cc2C)C1. The van der Waals surface area contributed by atoms with Crippen molar-refractivity contribution in [2.75, 3.05) is 25.5 Å². The quantitative estimate of drug-likeness (QED) is 0.777. The maximum atomic E-state index is 13.7. The molecule has 1 fully saturated rings. The van der Waals surface area contributed by atoms with Crippen LogP contribution in [0.3, 0.4) is 0 Å². The monoisotopic (exact) mass is 434 g/mol. The number of hydrogen-bond donors (Lipinski definition) is 1. The molecular formula is C22H27FN2O4S. The van der Waals surface area contributed by atoms with Crippen molar-refractivity contribution < 1.29 is 22.3 Å². The summed E-state index contributed by atoms with van der Waals surface area (Å²) >= 11 is 0. The minimum absolute atomic E-state index is 0.0395. The normalized spacial score (nSPS) is 17.6. The maximum absolute atomic E-state index is 13.7. The number of aryl methyl sites for hydroxylation is 3. The lowest BCUT2D eigenvalue weighted by molar-refractivity contribution is -0.120. The van der Waals surface area contributed by atoms with Crippen LogP contribution in [0.4, 0.5) is 10.1 Å². The number of amides is 1. The number of methoxy groups -OCH3 is 1. The van der Waals surface area contributed by atoms with Gasteiger partial charge in [-0.3, -0.25) is 4.79 Å². The van der Waals surface area contributed by atoms with E-state index in [2.05, 4.69) is 5.32 Å². The molecule has 1 aliphatic heterocycles. The lowest BCUT2D eigenvalue weighted by atomic mass is 9.98. The Bertz CT molecular complexity index is 1050. The number of carbonyl (C=O) groups excluding carboxylic acids is 1. The van der Waals surface area contributed by atoms with E-state index in [0.717, 1.165) is 34.5 Å². The van der Waals surface area contributed by atoms with E-state index in [-0.39, 0.29) is 29.6 Å². The molecule has 162 valence electrons. The standard InChI is InChI=1S/C22H27FN2O4S/c1-14-10-15(2)21(16(3)11-14)24-22(26)17-6-5-9-25(13-17)30(27,28)20-12-18(23)7-8-19(20)29-4/h7-8,10-12,17H,5-6,9,13H2,1-4H3,(H,24,26)/t17-/m1/s1. The fraction of sp³-hybridized carbons (Fsp3) is 0.409. The predicted molar refractivity (Wildman–Crippen MR) is 114 cm³/mol. The van der Waals surface area contributed by atoms with Gasteiger partial charge in [-0.05, 0) is 62.9 Å². The van der Waals surface area contributed by atoms with Crippen molar-refractivity contribution in [3.05, 3.63) is 52.8 Å². The molecule has 0 aromatic heterocycles. The summed E-state index contributed by atoms with van der Waals surface area (Å²) in [6.07, 6.45) is 1.13. The largest absolute Gasteiger partial charge is 0.495 e. The number of carbonyl (C=O) groups is 1. The van der Waals surface area contributed by atoms with Crippen molar-refractivity contribution in [3.63, 3.8) is 0 Å². The van der Waals surface area contributed by atoms with Crippen LogP contribution in [0, 0.1) is 32.5 Å². The van der Waals surface area contributed by atoms with E-state index in [1.54, 1.807) is 0 Å².